The quantitative estimate of drug-likeness (QED) is 0.0323. The predicted molar refractivity (Wildman–Crippen MR) is 250 cm³/mol. The van der Waals surface area contributed by atoms with Gasteiger partial charge in [-0.3, -0.25) is 9.59 Å². The van der Waals surface area contributed by atoms with Crippen molar-refractivity contribution in [3.05, 3.63) is 24.3 Å². The molecule has 342 valence electrons. The van der Waals surface area contributed by atoms with Crippen LogP contribution in [0.3, 0.4) is 0 Å². The molecule has 0 saturated heterocycles. The second kappa shape index (κ2) is 46.4. The number of hydrogen-bond acceptors (Lipinski definition) is 5. The summed E-state index contributed by atoms with van der Waals surface area (Å²) in [6, 6.07) is -0.704. The van der Waals surface area contributed by atoms with Crippen molar-refractivity contribution in [1.29, 1.82) is 0 Å². The van der Waals surface area contributed by atoms with Crippen LogP contribution in [0.5, 0.6) is 0 Å². The van der Waals surface area contributed by atoms with Crippen molar-refractivity contribution in [3.8, 4) is 0 Å². The normalized spacial score (nSPS) is 13.4. The Kier molecular flexibility index (Phi) is 45.1. The Morgan fingerprint density at radius 2 is 0.828 bits per heavy atom. The third-order valence-corrected chi connectivity index (χ3v) is 11.8. The van der Waals surface area contributed by atoms with Crippen LogP contribution in [0.1, 0.15) is 271 Å². The second-order valence-corrected chi connectivity index (χ2v) is 17.6. The predicted octanol–water partition coefficient (Wildman–Crippen LogP) is 15.1. The van der Waals surface area contributed by atoms with Gasteiger partial charge in [-0.1, -0.05) is 206 Å². The molecule has 3 unspecified atom stereocenters. The van der Waals surface area contributed by atoms with E-state index in [1.807, 2.05) is 0 Å². The zero-order valence-corrected chi connectivity index (χ0v) is 38.9. The largest absolute Gasteiger partial charge is 0.462 e. The lowest BCUT2D eigenvalue weighted by molar-refractivity contribution is -0.151. The third kappa shape index (κ3) is 41.1. The highest BCUT2D eigenvalue weighted by atomic mass is 16.5. The van der Waals surface area contributed by atoms with Gasteiger partial charge in [-0.25, -0.2) is 0 Å². The van der Waals surface area contributed by atoms with Crippen LogP contribution in [-0.4, -0.2) is 46.9 Å². The molecule has 0 aromatic carbocycles. The lowest BCUT2D eigenvalue weighted by Crippen LogP contribution is -2.46. The molecule has 0 spiro atoms. The Hall–Kier alpha value is -1.66. The van der Waals surface area contributed by atoms with Crippen molar-refractivity contribution in [2.45, 2.75) is 289 Å². The molecule has 0 saturated carbocycles. The van der Waals surface area contributed by atoms with Gasteiger partial charge in [0.25, 0.3) is 0 Å². The maximum Gasteiger partial charge on any atom is 0.306 e. The highest BCUT2D eigenvalue weighted by Crippen LogP contribution is 2.17. The first-order valence-corrected chi connectivity index (χ1v) is 25.6. The summed E-state index contributed by atoms with van der Waals surface area (Å²) in [6.07, 6.45) is 52.4. The Bertz CT molecular complexity index is 919. The van der Waals surface area contributed by atoms with E-state index in [0.717, 1.165) is 70.6 Å². The fourth-order valence-corrected chi connectivity index (χ4v) is 7.83. The second-order valence-electron chi connectivity index (χ2n) is 17.6. The fraction of sp³-hybridized carbons (Fsp3) is 0.885. The van der Waals surface area contributed by atoms with Gasteiger partial charge in [-0.2, -0.15) is 0 Å². The first-order valence-electron chi connectivity index (χ1n) is 25.6. The fourth-order valence-electron chi connectivity index (χ4n) is 7.83. The highest BCUT2D eigenvalue weighted by Gasteiger charge is 2.24. The van der Waals surface area contributed by atoms with E-state index in [-0.39, 0.29) is 24.9 Å². The van der Waals surface area contributed by atoms with Gasteiger partial charge in [0.1, 0.15) is 6.10 Å². The topological polar surface area (TPSA) is 95.9 Å². The zero-order valence-electron chi connectivity index (χ0n) is 38.9. The minimum atomic E-state index is -0.789. The average molecular weight is 818 g/mol. The van der Waals surface area contributed by atoms with Crippen LogP contribution >= 0.6 is 0 Å². The number of aliphatic hydroxyl groups excluding tert-OH is 2. The van der Waals surface area contributed by atoms with Crippen molar-refractivity contribution in [2.75, 3.05) is 6.61 Å². The lowest BCUT2D eigenvalue weighted by Gasteiger charge is -2.24. The molecule has 0 aliphatic carbocycles. The number of esters is 1. The summed E-state index contributed by atoms with van der Waals surface area (Å²) in [7, 11) is 0. The van der Waals surface area contributed by atoms with Crippen molar-refractivity contribution in [2.24, 2.45) is 0 Å². The highest BCUT2D eigenvalue weighted by molar-refractivity contribution is 5.77. The summed E-state index contributed by atoms with van der Waals surface area (Å²) in [5.41, 5.74) is 0. The van der Waals surface area contributed by atoms with Crippen molar-refractivity contribution in [1.82, 2.24) is 5.32 Å². The first kappa shape index (κ1) is 56.3. The van der Waals surface area contributed by atoms with E-state index in [4.69, 9.17) is 4.74 Å². The monoisotopic (exact) mass is 818 g/mol. The van der Waals surface area contributed by atoms with Crippen LogP contribution in [0.15, 0.2) is 24.3 Å². The Balaban J connectivity index is 4.60. The molecule has 0 aromatic heterocycles. The van der Waals surface area contributed by atoms with Gasteiger partial charge < -0.3 is 20.3 Å². The number of allylic oxidation sites excluding steroid dienone is 4. The van der Waals surface area contributed by atoms with E-state index >= 15 is 0 Å². The van der Waals surface area contributed by atoms with Gasteiger partial charge >= 0.3 is 5.97 Å². The molecule has 6 heteroatoms. The average Bonchev–Trinajstić information content (AvgIpc) is 3.22. The number of carbonyl (C=O) groups excluding carboxylic acids is 2. The van der Waals surface area contributed by atoms with E-state index < -0.39 is 18.2 Å². The van der Waals surface area contributed by atoms with Crippen LogP contribution < -0.4 is 5.32 Å². The molecule has 3 atom stereocenters. The van der Waals surface area contributed by atoms with Crippen LogP contribution in [0, 0.1) is 0 Å². The summed E-state index contributed by atoms with van der Waals surface area (Å²) in [5.74, 6) is -0.499. The third-order valence-electron chi connectivity index (χ3n) is 11.8. The van der Waals surface area contributed by atoms with Crippen LogP contribution in [-0.2, 0) is 14.3 Å². The molecule has 0 aliphatic rings. The summed E-state index contributed by atoms with van der Waals surface area (Å²) in [5, 5.41) is 23.7. The van der Waals surface area contributed by atoms with Crippen LogP contribution in [0.25, 0.3) is 0 Å². The molecule has 0 aromatic rings. The molecule has 6 nitrogen and oxygen atoms in total. The zero-order chi connectivity index (χ0) is 42.4. The molecule has 58 heavy (non-hydrogen) atoms. The van der Waals surface area contributed by atoms with Crippen molar-refractivity contribution in [3.63, 3.8) is 0 Å². The van der Waals surface area contributed by atoms with E-state index in [2.05, 4.69) is 50.4 Å². The summed E-state index contributed by atoms with van der Waals surface area (Å²) in [4.78, 5) is 26.1. The molecule has 0 fully saturated rings. The summed E-state index contributed by atoms with van der Waals surface area (Å²) < 4.78 is 5.92. The van der Waals surface area contributed by atoms with E-state index in [0.29, 0.717) is 19.3 Å². The summed E-state index contributed by atoms with van der Waals surface area (Å²) in [6.45, 7) is 6.46. The van der Waals surface area contributed by atoms with E-state index in [9.17, 15) is 19.8 Å². The van der Waals surface area contributed by atoms with Crippen LogP contribution in [0.4, 0.5) is 0 Å². The van der Waals surface area contributed by atoms with Gasteiger partial charge in [-0.05, 0) is 77.0 Å². The molecule has 0 heterocycles. The van der Waals surface area contributed by atoms with Gasteiger partial charge in [0.15, 0.2) is 0 Å². The molecule has 1 amide bonds. The number of hydrogen-bond donors (Lipinski definition) is 3. The molecule has 0 radical (unpaired) electrons. The van der Waals surface area contributed by atoms with Crippen LogP contribution in [0.2, 0.25) is 0 Å². The molecular formula is C52H99NO5. The number of amides is 1. The Morgan fingerprint density at radius 1 is 0.483 bits per heavy atom. The Labute approximate surface area is 361 Å². The SMILES string of the molecule is CCCCCCCCC/C=C\CCCCCC(=O)OC(CCCCC/C=C/CCCCCCCCCCC)CC(=O)NC(CO)C(O)CCCCCCCCCCC. The standard InChI is InChI=1S/C52H99NO5/c1-4-7-10-13-16-19-21-23-25-26-27-29-32-34-37-40-43-48(58-52(57)45-42-39-36-33-30-28-24-22-20-17-14-11-8-5-2)46-51(56)53-49(47-54)50(55)44-41-38-35-31-18-15-12-9-6-3/h27-30,48-50,54-55H,4-26,31-47H2,1-3H3,(H,53,56)/b29-27+,30-28-. The number of ether oxygens (including phenoxy) is 1. The number of nitrogens with one attached hydrogen (secondary N) is 1. The maximum absolute atomic E-state index is 13.2. The minimum absolute atomic E-state index is 0.0647. The number of rotatable bonds is 46. The molecule has 3 N–H and O–H groups in total. The van der Waals surface area contributed by atoms with E-state index in [1.165, 1.54) is 154 Å². The lowest BCUT2D eigenvalue weighted by atomic mass is 10.0. The number of carbonyl (C=O) groups is 2. The van der Waals surface area contributed by atoms with Crippen molar-refractivity contribution >= 4 is 11.9 Å². The maximum atomic E-state index is 13.2. The number of unbranched alkanes of at least 4 members (excludes halogenated alkanes) is 30. The van der Waals surface area contributed by atoms with Crippen molar-refractivity contribution < 1.29 is 24.5 Å². The summed E-state index contributed by atoms with van der Waals surface area (Å²) >= 11 is 0. The van der Waals surface area contributed by atoms with Gasteiger partial charge in [0.05, 0.1) is 25.2 Å². The van der Waals surface area contributed by atoms with E-state index in [1.54, 1.807) is 0 Å². The molecule has 0 bridgehead atoms. The minimum Gasteiger partial charge on any atom is -0.462 e. The van der Waals surface area contributed by atoms with Gasteiger partial charge in [-0.15, -0.1) is 0 Å². The molecule has 0 rings (SSSR count). The molecule has 0 aliphatic heterocycles. The first-order chi connectivity index (χ1) is 28.5. The van der Waals surface area contributed by atoms with Gasteiger partial charge in [0, 0.05) is 6.42 Å². The van der Waals surface area contributed by atoms with Gasteiger partial charge in [0.2, 0.25) is 5.91 Å². The Morgan fingerprint density at radius 3 is 1.24 bits per heavy atom. The smallest absolute Gasteiger partial charge is 0.306 e. The molecular weight excluding hydrogens is 719 g/mol. The number of aliphatic hydroxyl groups is 2.